The second kappa shape index (κ2) is 7.47. The smallest absolute Gasteiger partial charge is 0.222 e. The molecule has 1 unspecified atom stereocenters. The van der Waals surface area contributed by atoms with Crippen molar-refractivity contribution in [3.05, 3.63) is 34.3 Å². The van der Waals surface area contributed by atoms with Crippen LogP contribution in [0, 0.1) is 17.2 Å². The van der Waals surface area contributed by atoms with E-state index in [1.165, 1.54) is 12.8 Å². The number of halogens is 1. The lowest BCUT2D eigenvalue weighted by Gasteiger charge is -2.21. The number of benzene rings is 1. The normalized spacial score (nSPS) is 19.2. The highest BCUT2D eigenvalue weighted by atomic mass is 35.5. The van der Waals surface area contributed by atoms with Gasteiger partial charge in [0.05, 0.1) is 11.6 Å². The molecule has 0 saturated carbocycles. The molecular formula is C17H21ClN2O. The maximum absolute atomic E-state index is 12.2. The van der Waals surface area contributed by atoms with Crippen LogP contribution < -0.4 is 0 Å². The van der Waals surface area contributed by atoms with Crippen molar-refractivity contribution in [1.29, 1.82) is 5.26 Å². The molecule has 3 nitrogen and oxygen atoms in total. The summed E-state index contributed by atoms with van der Waals surface area (Å²) in [6.45, 7) is 3.54. The van der Waals surface area contributed by atoms with Crippen molar-refractivity contribution in [3.63, 3.8) is 0 Å². The molecule has 0 bridgehead atoms. The largest absolute Gasteiger partial charge is 0.338 e. The first-order chi connectivity index (χ1) is 10.1. The van der Waals surface area contributed by atoms with E-state index < -0.39 is 0 Å². The van der Waals surface area contributed by atoms with Crippen LogP contribution in [-0.4, -0.2) is 17.4 Å². The second-order valence-electron chi connectivity index (χ2n) is 5.72. The predicted octanol–water partition coefficient (Wildman–Crippen LogP) is 4.14. The quantitative estimate of drug-likeness (QED) is 0.839. The van der Waals surface area contributed by atoms with Gasteiger partial charge in [-0.2, -0.15) is 5.26 Å². The molecule has 0 N–H and O–H groups in total. The van der Waals surface area contributed by atoms with Crippen molar-refractivity contribution in [2.24, 2.45) is 5.92 Å². The van der Waals surface area contributed by atoms with Crippen LogP contribution in [0.3, 0.4) is 0 Å². The average molecular weight is 305 g/mol. The number of nitrogens with zero attached hydrogens (tertiary/aromatic N) is 2. The molecule has 2 rings (SSSR count). The van der Waals surface area contributed by atoms with Crippen molar-refractivity contribution < 1.29 is 4.79 Å². The standard InChI is InChI=1S/C17H21ClN2O/c1-2-3-13-5-7-17(21)20(9-8-13)12-15-6-4-14(11-19)10-16(15)18/h4,6,10,13H,2-3,5,7-9,12H2,1H3. The van der Waals surface area contributed by atoms with E-state index in [1.54, 1.807) is 12.1 Å². The Kier molecular flexibility index (Phi) is 5.64. The third-order valence-electron chi connectivity index (χ3n) is 4.17. The molecule has 1 aromatic carbocycles. The van der Waals surface area contributed by atoms with Gasteiger partial charge in [0.1, 0.15) is 0 Å². The number of rotatable bonds is 4. The number of carbonyl (C=O) groups is 1. The number of nitriles is 1. The van der Waals surface area contributed by atoms with Crippen molar-refractivity contribution in [3.8, 4) is 6.07 Å². The number of carbonyl (C=O) groups excluding carboxylic acids is 1. The van der Waals surface area contributed by atoms with Crippen molar-refractivity contribution in [1.82, 2.24) is 4.90 Å². The minimum Gasteiger partial charge on any atom is -0.338 e. The molecule has 21 heavy (non-hydrogen) atoms. The number of hydrogen-bond donors (Lipinski definition) is 0. The minimum absolute atomic E-state index is 0.217. The molecule has 1 fully saturated rings. The van der Waals surface area contributed by atoms with Crippen LogP contribution in [0.4, 0.5) is 0 Å². The molecule has 1 saturated heterocycles. The van der Waals surface area contributed by atoms with E-state index in [0.717, 1.165) is 24.9 Å². The molecule has 1 aromatic rings. The van der Waals surface area contributed by atoms with Gasteiger partial charge in [0.25, 0.3) is 0 Å². The fourth-order valence-corrected chi connectivity index (χ4v) is 3.15. The molecule has 1 amide bonds. The molecule has 1 atom stereocenters. The van der Waals surface area contributed by atoms with Crippen molar-refractivity contribution in [2.45, 2.75) is 45.6 Å². The molecule has 0 aliphatic carbocycles. The monoisotopic (exact) mass is 304 g/mol. The van der Waals surface area contributed by atoms with E-state index in [1.807, 2.05) is 11.0 Å². The Labute approximate surface area is 131 Å². The fourth-order valence-electron chi connectivity index (χ4n) is 2.91. The third kappa shape index (κ3) is 4.22. The van der Waals surface area contributed by atoms with Crippen LogP contribution in [0.15, 0.2) is 18.2 Å². The minimum atomic E-state index is 0.217. The molecular weight excluding hydrogens is 284 g/mol. The average Bonchev–Trinajstić information content (AvgIpc) is 2.65. The maximum atomic E-state index is 12.2. The van der Waals surface area contributed by atoms with E-state index in [4.69, 9.17) is 16.9 Å². The summed E-state index contributed by atoms with van der Waals surface area (Å²) in [5, 5.41) is 9.43. The SMILES string of the molecule is CCCC1CCC(=O)N(Cc2ccc(C#N)cc2Cl)CC1. The first-order valence-electron chi connectivity index (χ1n) is 7.60. The molecule has 4 heteroatoms. The molecule has 0 radical (unpaired) electrons. The Hall–Kier alpha value is -1.53. The van der Waals surface area contributed by atoms with Gasteiger partial charge in [-0.15, -0.1) is 0 Å². The summed E-state index contributed by atoms with van der Waals surface area (Å²) in [7, 11) is 0. The molecule has 1 heterocycles. The van der Waals surface area contributed by atoms with E-state index >= 15 is 0 Å². The summed E-state index contributed by atoms with van der Waals surface area (Å²) in [6, 6.07) is 7.34. The van der Waals surface area contributed by atoms with Crippen LogP contribution in [0.2, 0.25) is 5.02 Å². The molecule has 0 spiro atoms. The van der Waals surface area contributed by atoms with Crippen LogP contribution in [0.5, 0.6) is 0 Å². The van der Waals surface area contributed by atoms with Gasteiger partial charge >= 0.3 is 0 Å². The summed E-state index contributed by atoms with van der Waals surface area (Å²) < 4.78 is 0. The molecule has 0 aromatic heterocycles. The zero-order valence-corrected chi connectivity index (χ0v) is 13.2. The summed E-state index contributed by atoms with van der Waals surface area (Å²) >= 11 is 6.21. The highest BCUT2D eigenvalue weighted by Crippen LogP contribution is 2.25. The highest BCUT2D eigenvalue weighted by Gasteiger charge is 2.22. The Morgan fingerprint density at radius 2 is 2.24 bits per heavy atom. The van der Waals surface area contributed by atoms with E-state index in [2.05, 4.69) is 13.0 Å². The first-order valence-corrected chi connectivity index (χ1v) is 7.98. The van der Waals surface area contributed by atoms with E-state index in [0.29, 0.717) is 29.5 Å². The van der Waals surface area contributed by atoms with Crippen LogP contribution in [-0.2, 0) is 11.3 Å². The van der Waals surface area contributed by atoms with Gasteiger partial charge in [0.2, 0.25) is 5.91 Å². The molecule has 1 aliphatic rings. The van der Waals surface area contributed by atoms with Crippen molar-refractivity contribution >= 4 is 17.5 Å². The zero-order valence-electron chi connectivity index (χ0n) is 12.4. The number of amides is 1. The molecule has 1 aliphatic heterocycles. The van der Waals surface area contributed by atoms with Gasteiger partial charge in [-0.05, 0) is 36.5 Å². The topological polar surface area (TPSA) is 44.1 Å². The summed E-state index contributed by atoms with van der Waals surface area (Å²) in [5.74, 6) is 0.884. The second-order valence-corrected chi connectivity index (χ2v) is 6.12. The van der Waals surface area contributed by atoms with E-state index in [9.17, 15) is 4.79 Å². The van der Waals surface area contributed by atoms with Gasteiger partial charge in [0, 0.05) is 24.5 Å². The van der Waals surface area contributed by atoms with Gasteiger partial charge in [-0.3, -0.25) is 4.79 Å². The van der Waals surface area contributed by atoms with Crippen LogP contribution >= 0.6 is 11.6 Å². The lowest BCUT2D eigenvalue weighted by molar-refractivity contribution is -0.131. The summed E-state index contributed by atoms with van der Waals surface area (Å²) in [6.07, 6.45) is 5.11. The number of likely N-dealkylation sites (tertiary alicyclic amines) is 1. The Morgan fingerprint density at radius 1 is 1.43 bits per heavy atom. The first kappa shape index (κ1) is 15.9. The maximum Gasteiger partial charge on any atom is 0.222 e. The van der Waals surface area contributed by atoms with Crippen molar-refractivity contribution in [2.75, 3.05) is 6.54 Å². The summed E-state index contributed by atoms with van der Waals surface area (Å²) in [4.78, 5) is 14.1. The molecule has 112 valence electrons. The Morgan fingerprint density at radius 3 is 2.90 bits per heavy atom. The van der Waals surface area contributed by atoms with Crippen LogP contribution in [0.25, 0.3) is 0 Å². The Balaban J connectivity index is 2.05. The lowest BCUT2D eigenvalue weighted by Crippen LogP contribution is -2.29. The van der Waals surface area contributed by atoms with Crippen LogP contribution in [0.1, 0.15) is 50.2 Å². The fraction of sp³-hybridized carbons (Fsp3) is 0.529. The zero-order chi connectivity index (χ0) is 15.2. The highest BCUT2D eigenvalue weighted by molar-refractivity contribution is 6.31. The lowest BCUT2D eigenvalue weighted by atomic mass is 9.96. The van der Waals surface area contributed by atoms with Gasteiger partial charge < -0.3 is 4.90 Å². The predicted molar refractivity (Wildman–Crippen MR) is 83.8 cm³/mol. The van der Waals surface area contributed by atoms with Gasteiger partial charge in [0.15, 0.2) is 0 Å². The third-order valence-corrected chi connectivity index (χ3v) is 4.52. The number of hydrogen-bond acceptors (Lipinski definition) is 2. The van der Waals surface area contributed by atoms with Gasteiger partial charge in [-0.1, -0.05) is 37.4 Å². The van der Waals surface area contributed by atoms with E-state index in [-0.39, 0.29) is 5.91 Å². The van der Waals surface area contributed by atoms with Gasteiger partial charge in [-0.25, -0.2) is 0 Å². The summed E-state index contributed by atoms with van der Waals surface area (Å²) in [5.41, 5.74) is 1.46. The Bertz CT molecular complexity index is 550.